The number of rotatable bonds is 3. The number of carbonyl (C=O) groups excluding carboxylic acids is 1. The number of benzene rings is 2. The van der Waals surface area contributed by atoms with Gasteiger partial charge in [0.1, 0.15) is 5.75 Å². The molecule has 1 aliphatic rings. The molecule has 1 heterocycles. The molecule has 0 bridgehead atoms. The molecule has 0 fully saturated rings. The molecule has 24 heavy (non-hydrogen) atoms. The van der Waals surface area contributed by atoms with Gasteiger partial charge in [0.25, 0.3) is 5.91 Å². The molecule has 0 spiro atoms. The Labute approximate surface area is 144 Å². The Kier molecular flexibility index (Phi) is 3.97. The van der Waals surface area contributed by atoms with Crippen LogP contribution in [0.2, 0.25) is 5.02 Å². The van der Waals surface area contributed by atoms with Crippen molar-refractivity contribution in [3.05, 3.63) is 58.6 Å². The molecule has 1 aliphatic heterocycles. The van der Waals surface area contributed by atoms with Crippen LogP contribution in [0.5, 0.6) is 5.75 Å². The Balaban J connectivity index is 2.03. The number of amides is 1. The summed E-state index contributed by atoms with van der Waals surface area (Å²) in [6.45, 7) is 3.68. The van der Waals surface area contributed by atoms with E-state index in [0.29, 0.717) is 23.0 Å². The van der Waals surface area contributed by atoms with Gasteiger partial charge >= 0.3 is 5.97 Å². The third-order valence-corrected chi connectivity index (χ3v) is 4.13. The minimum absolute atomic E-state index is 0.116. The number of nitrogens with zero attached hydrogens (tertiary/aromatic N) is 1. The predicted octanol–water partition coefficient (Wildman–Crippen LogP) is 3.74. The van der Waals surface area contributed by atoms with Crippen LogP contribution in [-0.4, -0.2) is 22.6 Å². The summed E-state index contributed by atoms with van der Waals surface area (Å²) in [6, 6.07) is 11.7. The minimum Gasteiger partial charge on any atom is -0.478 e. The van der Waals surface area contributed by atoms with Crippen LogP contribution in [0.25, 0.3) is 0 Å². The van der Waals surface area contributed by atoms with E-state index >= 15 is 0 Å². The molecular formula is C18H16ClNO4. The normalized spacial score (nSPS) is 15.6. The Morgan fingerprint density at radius 3 is 2.50 bits per heavy atom. The van der Waals surface area contributed by atoms with Crippen molar-refractivity contribution in [2.45, 2.75) is 26.0 Å². The highest BCUT2D eigenvalue weighted by molar-refractivity contribution is 6.30. The van der Waals surface area contributed by atoms with Crippen LogP contribution in [0.15, 0.2) is 42.5 Å². The summed E-state index contributed by atoms with van der Waals surface area (Å²) in [4.78, 5) is 25.5. The molecule has 124 valence electrons. The van der Waals surface area contributed by atoms with E-state index in [0.717, 1.165) is 5.56 Å². The molecule has 0 radical (unpaired) electrons. The Morgan fingerprint density at radius 1 is 1.21 bits per heavy atom. The standard InChI is InChI=1S/C18H16ClNO4/c1-18(2)17(23)20(10-11-3-6-13(19)7-4-11)14-8-5-12(16(21)22)9-15(14)24-18/h3-9H,10H2,1-2H3,(H,21,22). The smallest absolute Gasteiger partial charge is 0.335 e. The summed E-state index contributed by atoms with van der Waals surface area (Å²) in [7, 11) is 0. The van der Waals surface area contributed by atoms with Gasteiger partial charge in [0.15, 0.2) is 5.60 Å². The number of halogens is 1. The molecule has 0 atom stereocenters. The number of aromatic carboxylic acids is 1. The zero-order valence-corrected chi connectivity index (χ0v) is 14.0. The van der Waals surface area contributed by atoms with Crippen LogP contribution in [0.3, 0.4) is 0 Å². The molecule has 0 saturated carbocycles. The first-order chi connectivity index (χ1) is 11.3. The van der Waals surface area contributed by atoms with Crippen LogP contribution >= 0.6 is 11.6 Å². The first kappa shape index (κ1) is 16.3. The largest absolute Gasteiger partial charge is 0.478 e. The van der Waals surface area contributed by atoms with Gasteiger partial charge in [-0.15, -0.1) is 0 Å². The van der Waals surface area contributed by atoms with Gasteiger partial charge in [0, 0.05) is 5.02 Å². The van der Waals surface area contributed by atoms with Gasteiger partial charge in [-0.05, 0) is 49.7 Å². The summed E-state index contributed by atoms with van der Waals surface area (Å²) in [5.41, 5.74) is 0.514. The summed E-state index contributed by atoms with van der Waals surface area (Å²) < 4.78 is 5.73. The van der Waals surface area contributed by atoms with Gasteiger partial charge < -0.3 is 14.7 Å². The van der Waals surface area contributed by atoms with Crippen LogP contribution in [0.4, 0.5) is 5.69 Å². The average molecular weight is 346 g/mol. The minimum atomic E-state index is -1.07. The van der Waals surface area contributed by atoms with Crippen molar-refractivity contribution in [1.29, 1.82) is 0 Å². The van der Waals surface area contributed by atoms with Gasteiger partial charge in [0.2, 0.25) is 0 Å². The highest BCUT2D eigenvalue weighted by Gasteiger charge is 2.41. The van der Waals surface area contributed by atoms with Crippen LogP contribution in [0.1, 0.15) is 29.8 Å². The van der Waals surface area contributed by atoms with Gasteiger partial charge in [-0.2, -0.15) is 0 Å². The molecule has 1 amide bonds. The lowest BCUT2D eigenvalue weighted by Gasteiger charge is -2.39. The van der Waals surface area contributed by atoms with Crippen molar-refractivity contribution in [3.8, 4) is 5.75 Å². The van der Waals surface area contributed by atoms with E-state index in [1.54, 1.807) is 36.9 Å². The first-order valence-electron chi connectivity index (χ1n) is 7.41. The van der Waals surface area contributed by atoms with E-state index < -0.39 is 11.6 Å². The quantitative estimate of drug-likeness (QED) is 0.920. The maximum absolute atomic E-state index is 12.8. The van der Waals surface area contributed by atoms with E-state index in [9.17, 15) is 9.59 Å². The fourth-order valence-corrected chi connectivity index (χ4v) is 2.76. The molecule has 0 unspecified atom stereocenters. The molecule has 6 heteroatoms. The van der Waals surface area contributed by atoms with Gasteiger partial charge in [-0.1, -0.05) is 23.7 Å². The SMILES string of the molecule is CC1(C)Oc2cc(C(=O)O)ccc2N(Cc2ccc(Cl)cc2)C1=O. The molecule has 0 aliphatic carbocycles. The van der Waals surface area contributed by atoms with Crippen LogP contribution in [0, 0.1) is 0 Å². The van der Waals surface area contributed by atoms with E-state index in [2.05, 4.69) is 0 Å². The van der Waals surface area contributed by atoms with Gasteiger partial charge in [-0.25, -0.2) is 4.79 Å². The van der Waals surface area contributed by atoms with Gasteiger partial charge in [-0.3, -0.25) is 4.79 Å². The zero-order chi connectivity index (χ0) is 17.5. The summed E-state index contributed by atoms with van der Waals surface area (Å²) in [5, 5.41) is 9.77. The molecule has 2 aromatic rings. The lowest BCUT2D eigenvalue weighted by Crippen LogP contribution is -2.52. The molecule has 3 rings (SSSR count). The number of carbonyl (C=O) groups is 2. The lowest BCUT2D eigenvalue weighted by molar-refractivity contribution is -0.132. The summed E-state index contributed by atoms with van der Waals surface area (Å²) in [6.07, 6.45) is 0. The second kappa shape index (κ2) is 5.83. The molecule has 5 nitrogen and oxygen atoms in total. The van der Waals surface area contributed by atoms with E-state index in [1.165, 1.54) is 12.1 Å². The second-order valence-corrected chi connectivity index (χ2v) is 6.55. The number of fused-ring (bicyclic) bond motifs is 1. The van der Waals surface area contributed by atoms with Crippen LogP contribution < -0.4 is 9.64 Å². The number of hydrogen-bond acceptors (Lipinski definition) is 3. The van der Waals surface area contributed by atoms with Gasteiger partial charge in [0.05, 0.1) is 17.8 Å². The Bertz CT molecular complexity index is 814. The number of ether oxygens (including phenoxy) is 1. The van der Waals surface area contributed by atoms with Crippen molar-refractivity contribution in [1.82, 2.24) is 0 Å². The summed E-state index contributed by atoms with van der Waals surface area (Å²) in [5.74, 6) is -0.846. The van der Waals surface area contributed by atoms with Crippen LogP contribution in [-0.2, 0) is 11.3 Å². The third kappa shape index (κ3) is 2.95. The molecule has 0 aromatic heterocycles. The van der Waals surface area contributed by atoms with E-state index in [1.807, 2.05) is 12.1 Å². The maximum atomic E-state index is 12.8. The first-order valence-corrected chi connectivity index (χ1v) is 7.78. The van der Waals surface area contributed by atoms with Crippen molar-refractivity contribution in [2.24, 2.45) is 0 Å². The van der Waals surface area contributed by atoms with Crippen molar-refractivity contribution in [3.63, 3.8) is 0 Å². The number of anilines is 1. The van der Waals surface area contributed by atoms with Crippen molar-refractivity contribution >= 4 is 29.2 Å². The monoisotopic (exact) mass is 345 g/mol. The predicted molar refractivity (Wildman–Crippen MR) is 90.8 cm³/mol. The van der Waals surface area contributed by atoms with E-state index in [4.69, 9.17) is 21.4 Å². The zero-order valence-electron chi connectivity index (χ0n) is 13.2. The summed E-state index contributed by atoms with van der Waals surface area (Å²) >= 11 is 5.90. The molecule has 0 saturated heterocycles. The van der Waals surface area contributed by atoms with E-state index in [-0.39, 0.29) is 11.5 Å². The molecule has 1 N–H and O–H groups in total. The maximum Gasteiger partial charge on any atom is 0.335 e. The highest BCUT2D eigenvalue weighted by atomic mass is 35.5. The second-order valence-electron chi connectivity index (χ2n) is 6.12. The number of hydrogen-bond donors (Lipinski definition) is 1. The third-order valence-electron chi connectivity index (χ3n) is 3.88. The topological polar surface area (TPSA) is 66.8 Å². The molecular weight excluding hydrogens is 330 g/mol. The fourth-order valence-electron chi connectivity index (χ4n) is 2.63. The number of carboxylic acid groups (broad SMARTS) is 1. The Morgan fingerprint density at radius 2 is 1.88 bits per heavy atom. The van der Waals surface area contributed by atoms with Crippen molar-refractivity contribution < 1.29 is 19.4 Å². The fraction of sp³-hybridized carbons (Fsp3) is 0.222. The Hall–Kier alpha value is -2.53. The number of carboxylic acids is 1. The highest BCUT2D eigenvalue weighted by Crippen LogP contribution is 2.39. The average Bonchev–Trinajstić information content (AvgIpc) is 2.52. The van der Waals surface area contributed by atoms with Crippen molar-refractivity contribution in [2.75, 3.05) is 4.90 Å². The molecule has 2 aromatic carbocycles. The lowest BCUT2D eigenvalue weighted by atomic mass is 10.0.